The van der Waals surface area contributed by atoms with Gasteiger partial charge >= 0.3 is 0 Å². The van der Waals surface area contributed by atoms with E-state index in [0.29, 0.717) is 13.2 Å². The van der Waals surface area contributed by atoms with Gasteiger partial charge in [-0.25, -0.2) is 15.0 Å². The van der Waals surface area contributed by atoms with Crippen molar-refractivity contribution in [3.8, 4) is 0 Å². The highest BCUT2D eigenvalue weighted by molar-refractivity contribution is 5.85. The van der Waals surface area contributed by atoms with Gasteiger partial charge in [-0.2, -0.15) is 0 Å². The molecule has 5 heterocycles. The monoisotopic (exact) mass is 478 g/mol. The van der Waals surface area contributed by atoms with Gasteiger partial charge in [0.05, 0.1) is 24.6 Å². The Hall–Kier alpha value is -2.95. The number of morpholine rings is 1. The van der Waals surface area contributed by atoms with E-state index >= 15 is 0 Å². The first-order valence-electron chi connectivity index (χ1n) is 12.6. The molecule has 0 unspecified atom stereocenters. The van der Waals surface area contributed by atoms with Gasteiger partial charge in [0.15, 0.2) is 28.5 Å². The molecule has 2 saturated heterocycles. The Balaban J connectivity index is 1.53. The third kappa shape index (κ3) is 3.54. The Bertz CT molecular complexity index is 1200. The maximum atomic E-state index is 6.14. The number of nitrogens with one attached hydrogen (secondary N) is 3. The van der Waals surface area contributed by atoms with Crippen molar-refractivity contribution in [2.24, 2.45) is 7.05 Å². The van der Waals surface area contributed by atoms with Crippen LogP contribution >= 0.6 is 0 Å². The van der Waals surface area contributed by atoms with Crippen LogP contribution in [0.25, 0.3) is 11.2 Å². The lowest BCUT2D eigenvalue weighted by Gasteiger charge is -2.35. The molecule has 0 amide bonds. The molecule has 0 spiro atoms. The molecule has 0 aliphatic carbocycles. The van der Waals surface area contributed by atoms with Crippen LogP contribution in [0, 0.1) is 0 Å². The molecule has 1 aromatic carbocycles. The molecule has 10 heteroatoms. The third-order valence-corrected chi connectivity index (χ3v) is 7.76. The third-order valence-electron chi connectivity index (χ3n) is 7.76. The lowest BCUT2D eigenvalue weighted by molar-refractivity contribution is -0.0477. The van der Waals surface area contributed by atoms with E-state index in [1.165, 1.54) is 0 Å². The highest BCUT2D eigenvalue weighted by atomic mass is 16.5. The van der Waals surface area contributed by atoms with E-state index in [1.807, 2.05) is 12.1 Å². The maximum Gasteiger partial charge on any atom is 0.179 e. The number of rotatable bonds is 5. The number of benzene rings is 1. The summed E-state index contributed by atoms with van der Waals surface area (Å²) >= 11 is 0. The fourth-order valence-electron chi connectivity index (χ4n) is 5.63. The Morgan fingerprint density at radius 2 is 1.71 bits per heavy atom. The van der Waals surface area contributed by atoms with Crippen LogP contribution in [0.2, 0.25) is 0 Å². The van der Waals surface area contributed by atoms with E-state index in [2.05, 4.69) is 51.5 Å². The minimum absolute atomic E-state index is 0.439. The maximum absolute atomic E-state index is 6.14. The summed E-state index contributed by atoms with van der Waals surface area (Å²) in [7, 11) is 3.84. The number of hydrogen-bond acceptors (Lipinski definition) is 9. The summed E-state index contributed by atoms with van der Waals surface area (Å²) < 4.78 is 13.9. The Morgan fingerprint density at radius 1 is 1.03 bits per heavy atom. The zero-order valence-electron chi connectivity index (χ0n) is 20.7. The number of aromatic nitrogens is 4. The minimum Gasteiger partial charge on any atom is -0.378 e. The van der Waals surface area contributed by atoms with Gasteiger partial charge in [-0.15, -0.1) is 0 Å². The van der Waals surface area contributed by atoms with Gasteiger partial charge in [-0.1, -0.05) is 19.1 Å². The molecule has 35 heavy (non-hydrogen) atoms. The van der Waals surface area contributed by atoms with Gasteiger partial charge in [-0.3, -0.25) is 0 Å². The van der Waals surface area contributed by atoms with Crippen LogP contribution in [0.1, 0.15) is 37.8 Å². The van der Waals surface area contributed by atoms with Crippen molar-refractivity contribution in [3.05, 3.63) is 35.9 Å². The highest BCUT2D eigenvalue weighted by Gasteiger charge is 2.42. The van der Waals surface area contributed by atoms with Gasteiger partial charge in [0, 0.05) is 27.2 Å². The second kappa shape index (κ2) is 8.61. The number of ether oxygens (including phenoxy) is 2. The zero-order chi connectivity index (χ0) is 24.0. The van der Waals surface area contributed by atoms with Gasteiger partial charge in [0.1, 0.15) is 11.4 Å². The van der Waals surface area contributed by atoms with Crippen LogP contribution in [0.3, 0.4) is 0 Å². The largest absolute Gasteiger partial charge is 0.378 e. The molecule has 6 rings (SSSR count). The summed E-state index contributed by atoms with van der Waals surface area (Å²) in [6, 6.07) is 8.25. The number of hydrogen-bond donors (Lipinski definition) is 3. The van der Waals surface area contributed by atoms with Gasteiger partial charge in [0.2, 0.25) is 0 Å². The van der Waals surface area contributed by atoms with Crippen molar-refractivity contribution in [1.29, 1.82) is 0 Å². The molecule has 10 nitrogen and oxygen atoms in total. The molecular weight excluding hydrogens is 444 g/mol. The number of para-hydroxylation sites is 2. The molecule has 0 saturated carbocycles. The molecule has 0 atom stereocenters. The second-order valence-electron chi connectivity index (χ2n) is 9.64. The number of anilines is 3. The molecule has 3 aliphatic heterocycles. The molecule has 3 aromatic rings. The van der Waals surface area contributed by atoms with Crippen LogP contribution in [0.15, 0.2) is 24.3 Å². The summed E-state index contributed by atoms with van der Waals surface area (Å²) in [5.74, 6) is 2.50. The molecule has 3 aliphatic rings. The normalized spacial score (nSPS) is 20.9. The van der Waals surface area contributed by atoms with Crippen LogP contribution in [-0.4, -0.2) is 66.0 Å². The SMILES string of the molecule is CCC1(c2nc(N3CCOCC3)c3nc(C4(OC)CCNCC4)n(C)c3n2)Nc2ccccc2N1. The lowest BCUT2D eigenvalue weighted by atomic mass is 9.91. The molecule has 0 bridgehead atoms. The molecule has 2 aromatic heterocycles. The second-order valence-corrected chi connectivity index (χ2v) is 9.64. The topological polar surface area (TPSA) is 101 Å². The summed E-state index contributed by atoms with van der Waals surface area (Å²) in [6.07, 6.45) is 2.50. The standard InChI is InChI=1S/C25H34N8O2/c1-4-25(30-17-7-5-6-8-18(17)31-25)22-28-20-19(21(29-22)33-13-15-35-16-14-33)27-23(32(20)2)24(34-3)9-11-26-12-10-24/h5-8,26,30-31H,4,9-16H2,1-3H3. The first-order chi connectivity index (χ1) is 17.1. The number of nitrogens with zero attached hydrogens (tertiary/aromatic N) is 5. The average molecular weight is 479 g/mol. The van der Waals surface area contributed by atoms with Crippen LogP contribution in [0.5, 0.6) is 0 Å². The summed E-state index contributed by atoms with van der Waals surface area (Å²) in [4.78, 5) is 17.8. The van der Waals surface area contributed by atoms with Crippen molar-refractivity contribution in [2.45, 2.75) is 37.5 Å². The predicted molar refractivity (Wildman–Crippen MR) is 136 cm³/mol. The molecular formula is C25H34N8O2. The Morgan fingerprint density at radius 3 is 2.34 bits per heavy atom. The van der Waals surface area contributed by atoms with Crippen molar-refractivity contribution in [1.82, 2.24) is 24.8 Å². The first-order valence-corrected chi connectivity index (χ1v) is 12.6. The fourth-order valence-corrected chi connectivity index (χ4v) is 5.63. The minimum atomic E-state index is -0.600. The van der Waals surface area contributed by atoms with Crippen molar-refractivity contribution < 1.29 is 9.47 Å². The van der Waals surface area contributed by atoms with Crippen molar-refractivity contribution in [2.75, 3.05) is 62.0 Å². The van der Waals surface area contributed by atoms with Crippen LogP contribution in [-0.2, 0) is 27.8 Å². The Labute approximate surface area is 205 Å². The van der Waals surface area contributed by atoms with Crippen LogP contribution in [0.4, 0.5) is 17.2 Å². The van der Waals surface area contributed by atoms with Crippen molar-refractivity contribution in [3.63, 3.8) is 0 Å². The molecule has 0 radical (unpaired) electrons. The number of piperidine rings is 1. The van der Waals surface area contributed by atoms with Gasteiger partial charge < -0.3 is 34.9 Å². The number of imidazole rings is 1. The van der Waals surface area contributed by atoms with E-state index in [-0.39, 0.29) is 0 Å². The zero-order valence-corrected chi connectivity index (χ0v) is 20.7. The lowest BCUT2D eigenvalue weighted by Crippen LogP contribution is -2.42. The van der Waals surface area contributed by atoms with E-state index in [4.69, 9.17) is 24.4 Å². The summed E-state index contributed by atoms with van der Waals surface area (Å²) in [5.41, 5.74) is 2.73. The molecule has 2 fully saturated rings. The summed E-state index contributed by atoms with van der Waals surface area (Å²) in [5, 5.41) is 10.8. The molecule has 186 valence electrons. The number of aryl methyl sites for hydroxylation is 1. The quantitative estimate of drug-likeness (QED) is 0.511. The summed E-state index contributed by atoms with van der Waals surface area (Å²) in [6.45, 7) is 6.85. The highest BCUT2D eigenvalue weighted by Crippen LogP contribution is 2.42. The number of fused-ring (bicyclic) bond motifs is 2. The Kier molecular flexibility index (Phi) is 5.54. The van der Waals surface area contributed by atoms with E-state index in [0.717, 1.165) is 85.4 Å². The van der Waals surface area contributed by atoms with Gasteiger partial charge in [0.25, 0.3) is 0 Å². The fraction of sp³-hybridized carbons (Fsp3) is 0.560. The van der Waals surface area contributed by atoms with Crippen LogP contribution < -0.4 is 20.9 Å². The predicted octanol–water partition coefficient (Wildman–Crippen LogP) is 2.53. The van der Waals surface area contributed by atoms with E-state index < -0.39 is 11.3 Å². The molecule has 3 N–H and O–H groups in total. The average Bonchev–Trinajstić information content (AvgIpc) is 3.48. The first kappa shape index (κ1) is 22.5. The van der Waals surface area contributed by atoms with Crippen molar-refractivity contribution >= 4 is 28.4 Å². The smallest absolute Gasteiger partial charge is 0.179 e. The van der Waals surface area contributed by atoms with E-state index in [9.17, 15) is 0 Å². The van der Waals surface area contributed by atoms with E-state index in [1.54, 1.807) is 7.11 Å². The number of methoxy groups -OCH3 is 1. The van der Waals surface area contributed by atoms with Gasteiger partial charge in [-0.05, 0) is 44.5 Å².